The maximum Gasteiger partial charge on any atom is 0.300 e. The quantitative estimate of drug-likeness (QED) is 0.649. The lowest BCUT2D eigenvalue weighted by Gasteiger charge is -2.01. The van der Waals surface area contributed by atoms with Crippen molar-refractivity contribution in [1.29, 1.82) is 0 Å². The Bertz CT molecular complexity index is 335. The minimum absolute atomic E-state index is 0.444. The number of carbonyl (C=O) groups is 1. The summed E-state index contributed by atoms with van der Waals surface area (Å²) in [6.07, 6.45) is 4.89. The molecule has 0 bridgehead atoms. The Balaban J connectivity index is 2.71. The lowest BCUT2D eigenvalue weighted by molar-refractivity contribution is -0.111. The number of amides is 1. The molecule has 0 aliphatic carbocycles. The summed E-state index contributed by atoms with van der Waals surface area (Å²) in [5.74, 6) is 1.52. The lowest BCUT2D eigenvalue weighted by Crippen LogP contribution is -2.08. The maximum atomic E-state index is 10.8. The lowest BCUT2D eigenvalue weighted by atomic mass is 10.2. The van der Waals surface area contributed by atoms with Gasteiger partial charge in [-0.05, 0) is 23.6 Å². The molecular formula is C10H10N2O. The molecule has 1 aromatic carbocycles. The number of nitrogens with two attached hydrogens (primary N) is 1. The number of nitrogens with one attached hydrogen (secondary N) is 1. The summed E-state index contributed by atoms with van der Waals surface area (Å²) in [4.78, 5) is 10.8. The Labute approximate surface area is 76.9 Å². The fraction of sp³-hybridized carbons (Fsp3) is 0.100. The molecule has 0 heterocycles. The van der Waals surface area contributed by atoms with E-state index in [9.17, 15) is 4.79 Å². The van der Waals surface area contributed by atoms with Gasteiger partial charge in [-0.3, -0.25) is 4.79 Å². The molecule has 0 radical (unpaired) electrons. The monoisotopic (exact) mass is 174 g/mol. The van der Waals surface area contributed by atoms with Gasteiger partial charge in [0.25, 0.3) is 5.91 Å². The third-order valence-corrected chi connectivity index (χ3v) is 1.58. The van der Waals surface area contributed by atoms with E-state index < -0.39 is 5.91 Å². The molecule has 3 N–H and O–H groups in total. The van der Waals surface area contributed by atoms with Crippen molar-refractivity contribution in [2.24, 2.45) is 5.73 Å². The largest absolute Gasteiger partial charge is 0.326 e. The highest BCUT2D eigenvalue weighted by Gasteiger charge is 1.96. The fourth-order valence-corrected chi connectivity index (χ4v) is 0.891. The van der Waals surface area contributed by atoms with E-state index in [0.29, 0.717) is 12.2 Å². The number of terminal acetylenes is 1. The van der Waals surface area contributed by atoms with Crippen molar-refractivity contribution in [3.05, 3.63) is 29.8 Å². The molecule has 0 fully saturated rings. The number of hydrogen-bond acceptors (Lipinski definition) is 2. The van der Waals surface area contributed by atoms with Crippen LogP contribution in [0, 0.1) is 12.3 Å². The van der Waals surface area contributed by atoms with Crippen molar-refractivity contribution in [1.82, 2.24) is 0 Å². The first-order chi connectivity index (χ1) is 6.26. The molecule has 1 amide bonds. The predicted octanol–water partition coefficient (Wildman–Crippen LogP) is 0.717. The first-order valence-corrected chi connectivity index (χ1v) is 3.83. The molecule has 0 atom stereocenters. The third kappa shape index (κ3) is 2.62. The minimum atomic E-state index is -0.444. The summed E-state index contributed by atoms with van der Waals surface area (Å²) >= 11 is 0. The Morgan fingerprint density at radius 1 is 1.46 bits per heavy atom. The van der Waals surface area contributed by atoms with Crippen molar-refractivity contribution < 1.29 is 4.79 Å². The number of hydrogen-bond donors (Lipinski definition) is 2. The van der Waals surface area contributed by atoms with E-state index >= 15 is 0 Å². The molecule has 0 aliphatic rings. The summed E-state index contributed by atoms with van der Waals surface area (Å²) in [7, 11) is 0. The SMILES string of the molecule is C#CC(=O)Nc1ccc(CN)cc1. The van der Waals surface area contributed by atoms with Crippen LogP contribution in [0.4, 0.5) is 5.69 Å². The second-order valence-electron chi connectivity index (χ2n) is 2.50. The average Bonchev–Trinajstić information content (AvgIpc) is 2.19. The summed E-state index contributed by atoms with van der Waals surface area (Å²) in [5.41, 5.74) is 7.10. The van der Waals surface area contributed by atoms with Crippen LogP contribution in [0.3, 0.4) is 0 Å². The van der Waals surface area contributed by atoms with Crippen LogP contribution in [0.15, 0.2) is 24.3 Å². The first-order valence-electron chi connectivity index (χ1n) is 3.83. The summed E-state index contributed by atoms with van der Waals surface area (Å²) in [6, 6.07) is 7.20. The number of carbonyl (C=O) groups excluding carboxylic acids is 1. The van der Waals surface area contributed by atoms with Crippen molar-refractivity contribution in [2.75, 3.05) is 5.32 Å². The Hall–Kier alpha value is -1.79. The second kappa shape index (κ2) is 4.29. The van der Waals surface area contributed by atoms with E-state index in [2.05, 4.69) is 5.32 Å². The molecule has 0 unspecified atom stereocenters. The van der Waals surface area contributed by atoms with Crippen LogP contribution in [0.1, 0.15) is 5.56 Å². The van der Waals surface area contributed by atoms with Gasteiger partial charge in [0, 0.05) is 12.2 Å². The van der Waals surface area contributed by atoms with E-state index in [-0.39, 0.29) is 0 Å². The van der Waals surface area contributed by atoms with Gasteiger partial charge >= 0.3 is 0 Å². The van der Waals surface area contributed by atoms with Gasteiger partial charge in [0.15, 0.2) is 0 Å². The van der Waals surface area contributed by atoms with Crippen molar-refractivity contribution in [2.45, 2.75) is 6.54 Å². The van der Waals surface area contributed by atoms with E-state index in [0.717, 1.165) is 5.56 Å². The molecule has 0 aliphatic heterocycles. The Morgan fingerprint density at radius 3 is 2.54 bits per heavy atom. The molecule has 13 heavy (non-hydrogen) atoms. The van der Waals surface area contributed by atoms with E-state index in [4.69, 9.17) is 12.2 Å². The van der Waals surface area contributed by atoms with Crippen LogP contribution in [-0.4, -0.2) is 5.91 Å². The molecule has 1 aromatic rings. The standard InChI is InChI=1S/C10H10N2O/c1-2-10(13)12-9-5-3-8(7-11)4-6-9/h1,3-6H,7,11H2,(H,12,13). The average molecular weight is 174 g/mol. The van der Waals surface area contributed by atoms with Crippen LogP contribution in [-0.2, 0) is 11.3 Å². The molecule has 3 heteroatoms. The summed E-state index contributed by atoms with van der Waals surface area (Å²) in [5, 5.41) is 2.53. The van der Waals surface area contributed by atoms with Gasteiger partial charge in [0.1, 0.15) is 0 Å². The van der Waals surface area contributed by atoms with E-state index in [1.165, 1.54) is 0 Å². The van der Waals surface area contributed by atoms with E-state index in [1.807, 2.05) is 18.1 Å². The summed E-state index contributed by atoms with van der Waals surface area (Å²) < 4.78 is 0. The zero-order valence-electron chi connectivity index (χ0n) is 7.08. The summed E-state index contributed by atoms with van der Waals surface area (Å²) in [6.45, 7) is 0.489. The van der Waals surface area contributed by atoms with Crippen LogP contribution in [0.5, 0.6) is 0 Å². The van der Waals surface area contributed by atoms with Crippen LogP contribution in [0.25, 0.3) is 0 Å². The molecular weight excluding hydrogens is 164 g/mol. The van der Waals surface area contributed by atoms with Crippen molar-refractivity contribution in [3.8, 4) is 12.3 Å². The maximum absolute atomic E-state index is 10.8. The molecule has 0 saturated carbocycles. The number of anilines is 1. The highest BCUT2D eigenvalue weighted by molar-refractivity contribution is 6.03. The van der Waals surface area contributed by atoms with Crippen molar-refractivity contribution >= 4 is 11.6 Å². The third-order valence-electron chi connectivity index (χ3n) is 1.58. The molecule has 0 saturated heterocycles. The highest BCUT2D eigenvalue weighted by Crippen LogP contribution is 2.08. The fourth-order valence-electron chi connectivity index (χ4n) is 0.891. The zero-order valence-corrected chi connectivity index (χ0v) is 7.08. The number of benzene rings is 1. The smallest absolute Gasteiger partial charge is 0.300 e. The van der Waals surface area contributed by atoms with Gasteiger partial charge in [-0.25, -0.2) is 0 Å². The van der Waals surface area contributed by atoms with Gasteiger partial charge in [-0.1, -0.05) is 12.1 Å². The van der Waals surface area contributed by atoms with Gasteiger partial charge in [-0.2, -0.15) is 0 Å². The van der Waals surface area contributed by atoms with Gasteiger partial charge < -0.3 is 11.1 Å². The van der Waals surface area contributed by atoms with Gasteiger partial charge in [-0.15, -0.1) is 6.42 Å². The van der Waals surface area contributed by atoms with Crippen LogP contribution < -0.4 is 11.1 Å². The Morgan fingerprint density at radius 2 is 2.08 bits per heavy atom. The highest BCUT2D eigenvalue weighted by atomic mass is 16.1. The molecule has 0 aromatic heterocycles. The predicted molar refractivity (Wildman–Crippen MR) is 51.8 cm³/mol. The van der Waals surface area contributed by atoms with Crippen LogP contribution >= 0.6 is 0 Å². The topological polar surface area (TPSA) is 55.1 Å². The van der Waals surface area contributed by atoms with Crippen LogP contribution in [0.2, 0.25) is 0 Å². The molecule has 3 nitrogen and oxygen atoms in total. The molecule has 0 spiro atoms. The van der Waals surface area contributed by atoms with Gasteiger partial charge in [0.05, 0.1) is 0 Å². The minimum Gasteiger partial charge on any atom is -0.326 e. The van der Waals surface area contributed by atoms with E-state index in [1.54, 1.807) is 12.1 Å². The number of rotatable bonds is 2. The molecule has 66 valence electrons. The van der Waals surface area contributed by atoms with Gasteiger partial charge in [0.2, 0.25) is 0 Å². The first kappa shape index (κ1) is 9.30. The normalized spacial score (nSPS) is 8.92. The Kier molecular flexibility index (Phi) is 3.07. The zero-order chi connectivity index (χ0) is 9.68. The second-order valence-corrected chi connectivity index (χ2v) is 2.50. The molecule has 1 rings (SSSR count). The van der Waals surface area contributed by atoms with Crippen molar-refractivity contribution in [3.63, 3.8) is 0 Å².